The normalized spacial score (nSPS) is 21.8. The molecule has 258 valence electrons. The second-order valence-electron chi connectivity index (χ2n) is 9.65. The highest BCUT2D eigenvalue weighted by Gasteiger charge is 2.61. The summed E-state index contributed by atoms with van der Waals surface area (Å²) in [5.41, 5.74) is 6.15. The van der Waals surface area contributed by atoms with E-state index in [-0.39, 0.29) is 26.2 Å². The Hall–Kier alpha value is -3.57. The van der Waals surface area contributed by atoms with Crippen LogP contribution in [0.5, 0.6) is 0 Å². The number of aromatic nitrogens is 2. The Morgan fingerprint density at radius 2 is 1.85 bits per heavy atom. The number of hydrogen-bond acceptors (Lipinski definition) is 14. The highest BCUT2D eigenvalue weighted by Crippen LogP contribution is 2.43. The maximum atomic E-state index is 12.9. The van der Waals surface area contributed by atoms with Gasteiger partial charge in [0.1, 0.15) is 13.2 Å². The molecule has 1 aliphatic heterocycles. The molecule has 2 heterocycles. The smallest absolute Gasteiger partial charge is 0.332 e. The number of nitrogens with zero attached hydrogens (tertiary/aromatic N) is 4. The van der Waals surface area contributed by atoms with Gasteiger partial charge in [-0.25, -0.2) is 14.4 Å². The highest BCUT2D eigenvalue weighted by molar-refractivity contribution is 7.33. The molecule has 20 heteroatoms. The Morgan fingerprint density at radius 3 is 2.47 bits per heavy atom. The molecule has 1 N–H and O–H groups in total. The van der Waals surface area contributed by atoms with E-state index in [1.807, 2.05) is 4.98 Å². The Labute approximate surface area is 273 Å². The molecule has 1 aromatic carbocycles. The van der Waals surface area contributed by atoms with Crippen molar-refractivity contribution in [2.45, 2.75) is 50.5 Å². The third kappa shape index (κ3) is 10.7. The lowest BCUT2D eigenvalue weighted by molar-refractivity contribution is -0.177. The number of nitrogens with one attached hydrogen (secondary N) is 1. The first kappa shape index (κ1) is 37.9. The number of rotatable bonds is 19. The van der Waals surface area contributed by atoms with Crippen LogP contribution >= 0.6 is 19.9 Å². The van der Waals surface area contributed by atoms with E-state index < -0.39 is 81.5 Å². The van der Waals surface area contributed by atoms with E-state index in [0.29, 0.717) is 5.02 Å². The summed E-state index contributed by atoms with van der Waals surface area (Å²) >= 11 is 6.06. The molecular formula is C27H35ClN5O13P. The first-order chi connectivity index (χ1) is 22.6. The Balaban J connectivity index is 1.90. The third-order valence-electron chi connectivity index (χ3n) is 6.56. The molecule has 6 atom stereocenters. The molecule has 0 spiro atoms. The lowest BCUT2D eigenvalue weighted by Gasteiger charge is -2.29. The van der Waals surface area contributed by atoms with Gasteiger partial charge in [0.15, 0.2) is 18.4 Å². The van der Waals surface area contributed by atoms with E-state index >= 15 is 0 Å². The molecule has 2 unspecified atom stereocenters. The van der Waals surface area contributed by atoms with Crippen molar-refractivity contribution in [3.05, 3.63) is 78.4 Å². The number of azide groups is 1. The van der Waals surface area contributed by atoms with Crippen molar-refractivity contribution in [1.29, 1.82) is 0 Å². The van der Waals surface area contributed by atoms with Gasteiger partial charge in [-0.2, -0.15) is 0 Å². The highest BCUT2D eigenvalue weighted by atomic mass is 35.5. The standard InChI is InChI=1S/C27H35ClN5O13P/c1-4-40-14-21(35)44-23-24(45-22(36)15-41-5-2)27(31-32-29,46-25(23)33-11-9-20(34)30-26(33)37)16-43-47(38)42-12-10-19(39-3)17-7-6-8-18(28)13-17/h6-9,11,13,19,23-25,47H,4-5,10,12,14-16H2,1-3H3,(H,30,34,37)/t19-,23+,24-,25?,27+/m0/s1. The van der Waals surface area contributed by atoms with Crippen molar-refractivity contribution < 1.29 is 51.6 Å². The average Bonchev–Trinajstić information content (AvgIpc) is 3.31. The van der Waals surface area contributed by atoms with Crippen LogP contribution < -0.4 is 11.2 Å². The molecule has 0 radical (unpaired) electrons. The number of esters is 2. The van der Waals surface area contributed by atoms with Gasteiger partial charge < -0.3 is 37.5 Å². The minimum atomic E-state index is -3.34. The van der Waals surface area contributed by atoms with Crippen molar-refractivity contribution in [2.75, 3.05) is 46.8 Å². The molecule has 2 aromatic rings. The first-order valence-corrected chi connectivity index (χ1v) is 15.9. The van der Waals surface area contributed by atoms with Gasteiger partial charge in [-0.1, -0.05) is 28.8 Å². The Kier molecular flexibility index (Phi) is 15.1. The van der Waals surface area contributed by atoms with Crippen LogP contribution in [0.2, 0.25) is 5.02 Å². The third-order valence-corrected chi connectivity index (χ3v) is 7.62. The number of H-pyrrole nitrogens is 1. The summed E-state index contributed by atoms with van der Waals surface area (Å²) in [6, 6.07) is 7.95. The van der Waals surface area contributed by atoms with Gasteiger partial charge in [0, 0.05) is 48.9 Å². The van der Waals surface area contributed by atoms with Crippen molar-refractivity contribution in [3.8, 4) is 0 Å². The largest absolute Gasteiger partial charge is 0.453 e. The van der Waals surface area contributed by atoms with Crippen LogP contribution in [0.1, 0.15) is 38.2 Å². The van der Waals surface area contributed by atoms with Gasteiger partial charge in [0.05, 0.1) is 19.3 Å². The van der Waals surface area contributed by atoms with Crippen LogP contribution in [0.25, 0.3) is 10.4 Å². The number of ether oxygens (including phenoxy) is 6. The quantitative estimate of drug-likeness (QED) is 0.0730. The molecule has 0 saturated carbocycles. The van der Waals surface area contributed by atoms with Crippen LogP contribution in [0.15, 0.2) is 51.2 Å². The summed E-state index contributed by atoms with van der Waals surface area (Å²) in [5, 5.41) is 4.15. The van der Waals surface area contributed by atoms with Gasteiger partial charge in [-0.05, 0) is 37.1 Å². The maximum Gasteiger partial charge on any atom is 0.332 e. The van der Waals surface area contributed by atoms with Crippen LogP contribution in [0.4, 0.5) is 0 Å². The van der Waals surface area contributed by atoms with Gasteiger partial charge in [0.25, 0.3) is 5.56 Å². The summed E-state index contributed by atoms with van der Waals surface area (Å²) in [7, 11) is -1.85. The summed E-state index contributed by atoms with van der Waals surface area (Å²) in [6.45, 7) is 1.50. The lowest BCUT2D eigenvalue weighted by atomic mass is 10.1. The molecule has 0 aliphatic carbocycles. The minimum absolute atomic E-state index is 0.0992. The first-order valence-electron chi connectivity index (χ1n) is 14.2. The van der Waals surface area contributed by atoms with Crippen LogP contribution in [-0.2, 0) is 51.6 Å². The number of aromatic amines is 1. The van der Waals surface area contributed by atoms with E-state index in [9.17, 15) is 29.3 Å². The number of hydrogen-bond donors (Lipinski definition) is 1. The van der Waals surface area contributed by atoms with Crippen molar-refractivity contribution >= 4 is 31.8 Å². The molecule has 1 aromatic heterocycles. The van der Waals surface area contributed by atoms with Gasteiger partial charge in [-0.3, -0.25) is 18.9 Å². The Bertz CT molecular complexity index is 1550. The summed E-state index contributed by atoms with van der Waals surface area (Å²) < 4.78 is 57.1. The number of carbonyl (C=O) groups is 2. The molecule has 0 amide bonds. The Morgan fingerprint density at radius 1 is 1.15 bits per heavy atom. The van der Waals surface area contributed by atoms with Crippen molar-refractivity contribution in [2.24, 2.45) is 5.11 Å². The van der Waals surface area contributed by atoms with E-state index in [2.05, 4.69) is 10.0 Å². The zero-order valence-electron chi connectivity index (χ0n) is 25.7. The fourth-order valence-corrected chi connectivity index (χ4v) is 5.38. The molecule has 47 heavy (non-hydrogen) atoms. The van der Waals surface area contributed by atoms with Gasteiger partial charge in [0.2, 0.25) is 5.72 Å². The summed E-state index contributed by atoms with van der Waals surface area (Å²) in [5.74, 6) is -1.95. The fourth-order valence-electron chi connectivity index (χ4n) is 4.49. The number of methoxy groups -OCH3 is 1. The molecule has 1 fully saturated rings. The average molecular weight is 704 g/mol. The van der Waals surface area contributed by atoms with Crippen LogP contribution in [0, 0.1) is 0 Å². The van der Waals surface area contributed by atoms with Gasteiger partial charge in [-0.15, -0.1) is 0 Å². The molecule has 1 saturated heterocycles. The number of benzene rings is 1. The molecule has 18 nitrogen and oxygen atoms in total. The molecule has 0 bridgehead atoms. The second-order valence-corrected chi connectivity index (χ2v) is 11.2. The predicted octanol–water partition coefficient (Wildman–Crippen LogP) is 2.82. The van der Waals surface area contributed by atoms with Crippen molar-refractivity contribution in [3.63, 3.8) is 0 Å². The molecule has 3 rings (SSSR count). The summed E-state index contributed by atoms with van der Waals surface area (Å²) in [4.78, 5) is 54.8. The van der Waals surface area contributed by atoms with E-state index in [1.165, 1.54) is 7.11 Å². The molecular weight excluding hydrogens is 669 g/mol. The number of carbonyl (C=O) groups excluding carboxylic acids is 2. The number of halogens is 1. The zero-order chi connectivity index (χ0) is 34.4. The van der Waals surface area contributed by atoms with E-state index in [1.54, 1.807) is 38.1 Å². The summed E-state index contributed by atoms with van der Waals surface area (Å²) in [6.07, 6.45) is -4.31. The molecule has 1 aliphatic rings. The SMILES string of the molecule is CCOCC(=O)O[C@H]1C(n2ccc(=O)[nH]c2=O)O[C@@](CO[PH](=O)OCC[C@H](OC)c2cccc(Cl)c2)(N=[N+]=[N-])[C@H]1OC(=O)COCC. The second kappa shape index (κ2) is 18.7. The zero-order valence-corrected chi connectivity index (χ0v) is 27.5. The van der Waals surface area contributed by atoms with E-state index in [0.717, 1.165) is 22.4 Å². The van der Waals surface area contributed by atoms with Crippen molar-refractivity contribution in [1.82, 2.24) is 9.55 Å². The minimum Gasteiger partial charge on any atom is -0.453 e. The lowest BCUT2D eigenvalue weighted by Crippen LogP contribution is -2.49. The maximum absolute atomic E-state index is 12.9. The topological polar surface area (TPSA) is 229 Å². The van der Waals surface area contributed by atoms with E-state index in [4.69, 9.17) is 49.1 Å². The van der Waals surface area contributed by atoms with Crippen LogP contribution in [-0.4, -0.2) is 86.2 Å². The van der Waals surface area contributed by atoms with Crippen LogP contribution in [0.3, 0.4) is 0 Å². The predicted molar refractivity (Wildman–Crippen MR) is 163 cm³/mol. The fraction of sp³-hybridized carbons (Fsp3) is 0.556. The monoisotopic (exact) mass is 703 g/mol. The van der Waals surface area contributed by atoms with Gasteiger partial charge >= 0.3 is 25.9 Å².